The van der Waals surface area contributed by atoms with Crippen LogP contribution in [0.3, 0.4) is 0 Å². The van der Waals surface area contributed by atoms with Crippen LogP contribution < -0.4 is 4.74 Å². The van der Waals surface area contributed by atoms with Gasteiger partial charge in [0.2, 0.25) is 0 Å². The minimum Gasteiger partial charge on any atom is -0.488 e. The highest BCUT2D eigenvalue weighted by molar-refractivity contribution is 6.29. The fourth-order valence-electron chi connectivity index (χ4n) is 1.13. The summed E-state index contributed by atoms with van der Waals surface area (Å²) in [5.74, 6) is -0.00356. The molecule has 1 N–H and O–H groups in total. The Bertz CT molecular complexity index is 364. The van der Waals surface area contributed by atoms with Crippen LogP contribution >= 0.6 is 11.6 Å². The average Bonchev–Trinajstić information content (AvgIpc) is 2.15. The van der Waals surface area contributed by atoms with Crippen molar-refractivity contribution < 1.29 is 14.2 Å². The first-order valence-electron chi connectivity index (χ1n) is 4.44. The van der Waals surface area contributed by atoms with Crippen LogP contribution in [0.1, 0.15) is 18.6 Å². The molecular formula is C11H12ClFO2. The van der Waals surface area contributed by atoms with Gasteiger partial charge in [0, 0.05) is 10.6 Å². The summed E-state index contributed by atoms with van der Waals surface area (Å²) >= 11 is 5.53. The SMILES string of the molecule is C=C(Cl)COc1ccc(F)cc1[C@@H](C)O. The van der Waals surface area contributed by atoms with Gasteiger partial charge >= 0.3 is 0 Å². The third kappa shape index (κ3) is 3.53. The number of halogens is 2. The third-order valence-corrected chi connectivity index (χ3v) is 1.92. The van der Waals surface area contributed by atoms with Crippen molar-refractivity contribution in [3.63, 3.8) is 0 Å². The van der Waals surface area contributed by atoms with Gasteiger partial charge in [0.1, 0.15) is 18.2 Å². The Balaban J connectivity index is 2.90. The molecular weight excluding hydrogens is 219 g/mol. The molecule has 0 aromatic heterocycles. The van der Waals surface area contributed by atoms with Gasteiger partial charge in [-0.05, 0) is 25.1 Å². The Morgan fingerprint density at radius 1 is 1.67 bits per heavy atom. The van der Waals surface area contributed by atoms with E-state index in [0.717, 1.165) is 0 Å². The Morgan fingerprint density at radius 3 is 2.87 bits per heavy atom. The largest absolute Gasteiger partial charge is 0.488 e. The molecule has 0 unspecified atom stereocenters. The maximum Gasteiger partial charge on any atom is 0.125 e. The highest BCUT2D eigenvalue weighted by Crippen LogP contribution is 2.26. The van der Waals surface area contributed by atoms with E-state index in [1.165, 1.54) is 25.1 Å². The van der Waals surface area contributed by atoms with Crippen molar-refractivity contribution >= 4 is 11.6 Å². The van der Waals surface area contributed by atoms with E-state index in [1.54, 1.807) is 0 Å². The Kier molecular flexibility index (Phi) is 4.12. The summed E-state index contributed by atoms with van der Waals surface area (Å²) in [6.07, 6.45) is -0.792. The first-order valence-corrected chi connectivity index (χ1v) is 4.82. The lowest BCUT2D eigenvalue weighted by molar-refractivity contribution is 0.192. The molecule has 0 amide bonds. The molecule has 0 radical (unpaired) electrons. The van der Waals surface area contributed by atoms with Crippen molar-refractivity contribution in [2.45, 2.75) is 13.0 Å². The second-order valence-corrected chi connectivity index (χ2v) is 3.70. The van der Waals surface area contributed by atoms with Gasteiger partial charge in [-0.15, -0.1) is 0 Å². The molecule has 0 saturated carbocycles. The molecule has 2 nitrogen and oxygen atoms in total. The van der Waals surface area contributed by atoms with E-state index in [1.807, 2.05) is 0 Å². The zero-order valence-corrected chi connectivity index (χ0v) is 9.09. The Labute approximate surface area is 92.9 Å². The molecule has 15 heavy (non-hydrogen) atoms. The highest BCUT2D eigenvalue weighted by Gasteiger charge is 2.10. The van der Waals surface area contributed by atoms with Gasteiger partial charge in [0.15, 0.2) is 0 Å². The first kappa shape index (κ1) is 12.0. The van der Waals surface area contributed by atoms with Crippen molar-refractivity contribution in [1.82, 2.24) is 0 Å². The van der Waals surface area contributed by atoms with E-state index < -0.39 is 11.9 Å². The van der Waals surface area contributed by atoms with Gasteiger partial charge in [-0.3, -0.25) is 0 Å². The van der Waals surface area contributed by atoms with Gasteiger partial charge in [-0.2, -0.15) is 0 Å². The van der Waals surface area contributed by atoms with E-state index in [4.69, 9.17) is 16.3 Å². The Morgan fingerprint density at radius 2 is 2.33 bits per heavy atom. The second kappa shape index (κ2) is 5.14. The summed E-state index contributed by atoms with van der Waals surface area (Å²) in [6.45, 7) is 5.14. The third-order valence-electron chi connectivity index (χ3n) is 1.81. The van der Waals surface area contributed by atoms with Crippen LogP contribution in [0.2, 0.25) is 0 Å². The van der Waals surface area contributed by atoms with Crippen LogP contribution in [-0.4, -0.2) is 11.7 Å². The maximum atomic E-state index is 12.9. The first-order chi connectivity index (χ1) is 7.00. The second-order valence-electron chi connectivity index (χ2n) is 3.16. The van der Waals surface area contributed by atoms with E-state index in [0.29, 0.717) is 16.3 Å². The molecule has 1 rings (SSSR count). The summed E-state index contributed by atoms with van der Waals surface area (Å²) in [5, 5.41) is 9.74. The molecule has 4 heteroatoms. The fourth-order valence-corrected chi connectivity index (χ4v) is 1.19. The quantitative estimate of drug-likeness (QED) is 0.862. The summed E-state index contributed by atoms with van der Waals surface area (Å²) in [7, 11) is 0. The predicted octanol–water partition coefficient (Wildman–Crippen LogP) is 3.01. The van der Waals surface area contributed by atoms with Crippen molar-refractivity contribution in [3.8, 4) is 5.75 Å². The molecule has 0 saturated heterocycles. The number of aliphatic hydroxyl groups is 1. The van der Waals surface area contributed by atoms with Crippen molar-refractivity contribution in [2.24, 2.45) is 0 Å². The number of hydrogen-bond acceptors (Lipinski definition) is 2. The van der Waals surface area contributed by atoms with Gasteiger partial charge in [-0.25, -0.2) is 4.39 Å². The van der Waals surface area contributed by atoms with Gasteiger partial charge < -0.3 is 9.84 Å². The minimum atomic E-state index is -0.792. The molecule has 0 bridgehead atoms. The lowest BCUT2D eigenvalue weighted by Crippen LogP contribution is -2.02. The van der Waals surface area contributed by atoms with Crippen LogP contribution in [0, 0.1) is 5.82 Å². The highest BCUT2D eigenvalue weighted by atomic mass is 35.5. The minimum absolute atomic E-state index is 0.132. The summed E-state index contributed by atoms with van der Waals surface area (Å²) < 4.78 is 18.2. The monoisotopic (exact) mass is 230 g/mol. The van der Waals surface area contributed by atoms with E-state index in [2.05, 4.69) is 6.58 Å². The maximum absolute atomic E-state index is 12.9. The molecule has 0 aliphatic heterocycles. The molecule has 1 aromatic carbocycles. The van der Waals surface area contributed by atoms with Crippen molar-refractivity contribution in [1.29, 1.82) is 0 Å². The molecule has 0 spiro atoms. The van der Waals surface area contributed by atoms with E-state index >= 15 is 0 Å². The molecule has 1 aromatic rings. The lowest BCUT2D eigenvalue weighted by atomic mass is 10.1. The summed E-state index contributed by atoms with van der Waals surface area (Å²) in [5.41, 5.74) is 0.396. The van der Waals surface area contributed by atoms with E-state index in [9.17, 15) is 9.50 Å². The molecule has 1 atom stereocenters. The number of ether oxygens (including phenoxy) is 1. The van der Waals surface area contributed by atoms with Crippen molar-refractivity contribution in [3.05, 3.63) is 41.2 Å². The number of hydrogen-bond donors (Lipinski definition) is 1. The zero-order chi connectivity index (χ0) is 11.4. The molecule has 0 aliphatic rings. The fraction of sp³-hybridized carbons (Fsp3) is 0.273. The van der Waals surface area contributed by atoms with E-state index in [-0.39, 0.29) is 6.61 Å². The van der Waals surface area contributed by atoms with Crippen LogP contribution in [0.5, 0.6) is 5.75 Å². The molecule has 0 heterocycles. The number of rotatable bonds is 4. The van der Waals surface area contributed by atoms with Gasteiger partial charge in [-0.1, -0.05) is 18.2 Å². The van der Waals surface area contributed by atoms with Gasteiger partial charge in [0.25, 0.3) is 0 Å². The molecule has 0 aliphatic carbocycles. The standard InChI is InChI=1S/C11H12ClFO2/c1-7(12)6-15-11-4-3-9(13)5-10(11)8(2)14/h3-5,8,14H,1,6H2,2H3/t8-/m1/s1. The average molecular weight is 231 g/mol. The smallest absolute Gasteiger partial charge is 0.125 e. The normalized spacial score (nSPS) is 12.3. The summed E-state index contributed by atoms with van der Waals surface area (Å²) in [4.78, 5) is 0. The van der Waals surface area contributed by atoms with Crippen LogP contribution in [0.15, 0.2) is 29.8 Å². The van der Waals surface area contributed by atoms with Crippen LogP contribution in [-0.2, 0) is 0 Å². The van der Waals surface area contributed by atoms with Crippen LogP contribution in [0.25, 0.3) is 0 Å². The lowest BCUT2D eigenvalue weighted by Gasteiger charge is -2.12. The zero-order valence-electron chi connectivity index (χ0n) is 8.34. The number of aliphatic hydroxyl groups excluding tert-OH is 1. The van der Waals surface area contributed by atoms with Gasteiger partial charge in [0.05, 0.1) is 6.10 Å². The van der Waals surface area contributed by atoms with Crippen molar-refractivity contribution in [2.75, 3.05) is 6.61 Å². The predicted molar refractivity (Wildman–Crippen MR) is 57.5 cm³/mol. The van der Waals surface area contributed by atoms with Crippen LogP contribution in [0.4, 0.5) is 4.39 Å². The molecule has 82 valence electrons. The number of benzene rings is 1. The molecule has 0 fully saturated rings. The topological polar surface area (TPSA) is 29.5 Å². The Hall–Kier alpha value is -1.06. The summed E-state index contributed by atoms with van der Waals surface area (Å²) in [6, 6.07) is 3.95.